The molecule has 0 spiro atoms. The van der Waals surface area contributed by atoms with Gasteiger partial charge in [-0.2, -0.15) is 0 Å². The lowest BCUT2D eigenvalue weighted by Crippen LogP contribution is -3.15. The Kier molecular flexibility index (Phi) is 5.06. The topological polar surface area (TPSA) is 68.0 Å². The smallest absolute Gasteiger partial charge is 0.159 e. The molecule has 2 rings (SSSR count). The van der Waals surface area contributed by atoms with E-state index in [0.29, 0.717) is 13.2 Å². The van der Waals surface area contributed by atoms with Crippen molar-refractivity contribution in [2.45, 2.75) is 12.1 Å². The van der Waals surface area contributed by atoms with Gasteiger partial charge >= 0.3 is 0 Å². The van der Waals surface area contributed by atoms with Crippen molar-refractivity contribution in [2.75, 3.05) is 31.7 Å². The Labute approximate surface area is 127 Å². The van der Waals surface area contributed by atoms with E-state index in [0.717, 1.165) is 15.1 Å². The van der Waals surface area contributed by atoms with E-state index in [2.05, 4.69) is 15.9 Å². The second-order valence-electron chi connectivity index (χ2n) is 5.15. The molecule has 3 atom stereocenters. The molecule has 7 heteroatoms. The molecule has 20 heavy (non-hydrogen) atoms. The lowest BCUT2D eigenvalue weighted by atomic mass is 10.2. The van der Waals surface area contributed by atoms with Gasteiger partial charge in [-0.1, -0.05) is 15.9 Å². The fraction of sp³-hybridized carbons (Fsp3) is 0.538. The molecule has 0 bridgehead atoms. The summed E-state index contributed by atoms with van der Waals surface area (Å²) in [5.74, 6) is 0.710. The highest BCUT2D eigenvalue weighted by Crippen LogP contribution is 2.15. The maximum absolute atomic E-state index is 11.5. The van der Waals surface area contributed by atoms with Crippen LogP contribution in [-0.4, -0.2) is 57.4 Å². The average molecular weight is 365 g/mol. The van der Waals surface area contributed by atoms with Crippen molar-refractivity contribution in [1.82, 2.24) is 0 Å². The van der Waals surface area contributed by atoms with Crippen molar-refractivity contribution >= 4 is 25.8 Å². The molecule has 0 amide bonds. The standard InChI is InChI=1S/C13H18BrNO4S/c1-15(12-8-20(17,18)9-13(12)16)6-7-19-11-4-2-10(14)3-5-11/h2-5,12-13,16H,6-9H2,1H3/p+1/t12-,13+/m1/s1. The molecule has 112 valence electrons. The van der Waals surface area contributed by atoms with E-state index in [9.17, 15) is 13.5 Å². The van der Waals surface area contributed by atoms with Crippen LogP contribution in [0.3, 0.4) is 0 Å². The molecule has 1 aliphatic rings. The first-order chi connectivity index (χ1) is 9.37. The molecule has 1 heterocycles. The predicted octanol–water partition coefficient (Wildman–Crippen LogP) is -0.499. The highest BCUT2D eigenvalue weighted by Gasteiger charge is 2.41. The zero-order valence-corrected chi connectivity index (χ0v) is 13.7. The number of nitrogens with one attached hydrogen (secondary N) is 1. The maximum atomic E-state index is 11.5. The second-order valence-corrected chi connectivity index (χ2v) is 8.22. The average Bonchev–Trinajstić information content (AvgIpc) is 2.65. The van der Waals surface area contributed by atoms with Gasteiger partial charge in [-0.05, 0) is 24.3 Å². The summed E-state index contributed by atoms with van der Waals surface area (Å²) in [6.45, 7) is 1.13. The number of aliphatic hydroxyl groups is 1. The number of sulfone groups is 1. The van der Waals surface area contributed by atoms with Crippen LogP contribution in [0, 0.1) is 0 Å². The minimum atomic E-state index is -3.09. The van der Waals surface area contributed by atoms with Gasteiger partial charge in [-0.25, -0.2) is 8.42 Å². The van der Waals surface area contributed by atoms with Crippen molar-refractivity contribution in [3.05, 3.63) is 28.7 Å². The lowest BCUT2D eigenvalue weighted by Gasteiger charge is -2.22. The Morgan fingerprint density at radius 2 is 2.00 bits per heavy atom. The number of halogens is 1. The van der Waals surface area contributed by atoms with E-state index >= 15 is 0 Å². The van der Waals surface area contributed by atoms with E-state index in [1.54, 1.807) is 0 Å². The fourth-order valence-electron chi connectivity index (χ4n) is 2.35. The number of rotatable bonds is 5. The van der Waals surface area contributed by atoms with Crippen LogP contribution < -0.4 is 9.64 Å². The first-order valence-corrected chi connectivity index (χ1v) is 9.08. The van der Waals surface area contributed by atoms with Crippen molar-refractivity contribution in [2.24, 2.45) is 0 Å². The van der Waals surface area contributed by atoms with Gasteiger partial charge in [0.2, 0.25) is 0 Å². The molecule has 2 N–H and O–H groups in total. The number of likely N-dealkylation sites (N-methyl/N-ethyl adjacent to an activating group) is 1. The Hall–Kier alpha value is -0.630. The van der Waals surface area contributed by atoms with E-state index in [-0.39, 0.29) is 17.5 Å². The van der Waals surface area contributed by atoms with Gasteiger partial charge < -0.3 is 14.7 Å². The summed E-state index contributed by atoms with van der Waals surface area (Å²) in [6, 6.07) is 7.29. The van der Waals surface area contributed by atoms with E-state index < -0.39 is 15.9 Å². The predicted molar refractivity (Wildman–Crippen MR) is 79.8 cm³/mol. The summed E-state index contributed by atoms with van der Waals surface area (Å²) in [6.07, 6.45) is -0.771. The SMILES string of the molecule is C[NH+](CCOc1ccc(Br)cc1)[C@@H]1CS(=O)(=O)C[C@@H]1O. The molecule has 0 aliphatic carbocycles. The van der Waals surface area contributed by atoms with Crippen LogP contribution in [0.25, 0.3) is 0 Å². The highest BCUT2D eigenvalue weighted by molar-refractivity contribution is 9.10. The monoisotopic (exact) mass is 364 g/mol. The van der Waals surface area contributed by atoms with Crippen LogP contribution >= 0.6 is 15.9 Å². The fourth-order valence-corrected chi connectivity index (χ4v) is 4.55. The van der Waals surface area contributed by atoms with Crippen molar-refractivity contribution in [3.63, 3.8) is 0 Å². The molecule has 1 fully saturated rings. The molecule has 1 aromatic carbocycles. The summed E-state index contributed by atoms with van der Waals surface area (Å²) < 4.78 is 29.5. The van der Waals surface area contributed by atoms with Crippen LogP contribution in [0.4, 0.5) is 0 Å². The molecular formula is C13H19BrNO4S+. The number of hydrogen-bond donors (Lipinski definition) is 2. The van der Waals surface area contributed by atoms with Crippen LogP contribution in [0.1, 0.15) is 0 Å². The molecule has 1 saturated heterocycles. The van der Waals surface area contributed by atoms with E-state index in [1.807, 2.05) is 31.3 Å². The van der Waals surface area contributed by atoms with Gasteiger partial charge in [-0.3, -0.25) is 0 Å². The molecule has 1 aromatic rings. The first-order valence-electron chi connectivity index (χ1n) is 6.46. The molecular weight excluding hydrogens is 346 g/mol. The third-order valence-corrected chi connectivity index (χ3v) is 5.78. The number of hydrogen-bond acceptors (Lipinski definition) is 4. The Balaban J connectivity index is 1.81. The first kappa shape index (κ1) is 15.8. The van der Waals surface area contributed by atoms with Gasteiger partial charge in [0.15, 0.2) is 9.84 Å². The third kappa shape index (κ3) is 4.18. The molecule has 0 saturated carbocycles. The molecule has 1 aliphatic heterocycles. The molecule has 5 nitrogen and oxygen atoms in total. The lowest BCUT2D eigenvalue weighted by molar-refractivity contribution is -0.905. The maximum Gasteiger partial charge on any atom is 0.159 e. The van der Waals surface area contributed by atoms with Crippen molar-refractivity contribution in [1.29, 1.82) is 0 Å². The summed E-state index contributed by atoms with van der Waals surface area (Å²) in [5.41, 5.74) is 0. The van der Waals surface area contributed by atoms with Gasteiger partial charge in [0.05, 0.1) is 12.8 Å². The van der Waals surface area contributed by atoms with E-state index in [4.69, 9.17) is 4.74 Å². The minimum Gasteiger partial charge on any atom is -0.488 e. The van der Waals surface area contributed by atoms with Gasteiger partial charge in [0.25, 0.3) is 0 Å². The van der Waals surface area contributed by atoms with Crippen LogP contribution in [0.2, 0.25) is 0 Å². The normalized spacial score (nSPS) is 26.4. The second kappa shape index (κ2) is 6.43. The Morgan fingerprint density at radius 3 is 2.55 bits per heavy atom. The quantitative estimate of drug-likeness (QED) is 0.739. The Bertz CT molecular complexity index is 546. The number of ether oxygens (including phenoxy) is 1. The van der Waals surface area contributed by atoms with Gasteiger partial charge in [0.1, 0.15) is 36.8 Å². The molecule has 0 aromatic heterocycles. The zero-order chi connectivity index (χ0) is 14.8. The summed E-state index contributed by atoms with van der Waals surface area (Å²) in [7, 11) is -1.20. The summed E-state index contributed by atoms with van der Waals surface area (Å²) in [4.78, 5) is 0.982. The van der Waals surface area contributed by atoms with Crippen LogP contribution in [0.5, 0.6) is 5.75 Å². The largest absolute Gasteiger partial charge is 0.488 e. The van der Waals surface area contributed by atoms with E-state index in [1.165, 1.54) is 0 Å². The van der Waals surface area contributed by atoms with Crippen LogP contribution in [0.15, 0.2) is 28.7 Å². The van der Waals surface area contributed by atoms with Gasteiger partial charge in [-0.15, -0.1) is 0 Å². The summed E-state index contributed by atoms with van der Waals surface area (Å²) in [5, 5.41) is 9.80. The van der Waals surface area contributed by atoms with Crippen molar-refractivity contribution in [3.8, 4) is 5.75 Å². The van der Waals surface area contributed by atoms with Crippen molar-refractivity contribution < 1.29 is 23.2 Å². The summed E-state index contributed by atoms with van der Waals surface area (Å²) >= 11 is 3.35. The molecule has 1 unspecified atom stereocenters. The third-order valence-electron chi connectivity index (χ3n) is 3.53. The number of aliphatic hydroxyl groups excluding tert-OH is 1. The zero-order valence-electron chi connectivity index (χ0n) is 11.3. The number of quaternary nitrogens is 1. The van der Waals surface area contributed by atoms with Gasteiger partial charge in [0, 0.05) is 4.47 Å². The minimum absolute atomic E-state index is 0.0539. The van der Waals surface area contributed by atoms with Crippen LogP contribution in [-0.2, 0) is 9.84 Å². The highest BCUT2D eigenvalue weighted by atomic mass is 79.9. The Morgan fingerprint density at radius 1 is 1.35 bits per heavy atom. The molecule has 0 radical (unpaired) electrons. The number of benzene rings is 1.